The molecule has 1 aliphatic rings. The van der Waals surface area contributed by atoms with Gasteiger partial charge in [0.15, 0.2) is 6.04 Å². The number of nitrogens with zero attached hydrogens (tertiary/aromatic N) is 2. The van der Waals surface area contributed by atoms with Crippen molar-refractivity contribution in [2.45, 2.75) is 12.6 Å². The van der Waals surface area contributed by atoms with Crippen molar-refractivity contribution in [1.29, 1.82) is 0 Å². The predicted molar refractivity (Wildman–Crippen MR) is 81.8 cm³/mol. The van der Waals surface area contributed by atoms with Gasteiger partial charge in [0.1, 0.15) is 5.82 Å². The van der Waals surface area contributed by atoms with E-state index in [1.807, 2.05) is 30.3 Å². The van der Waals surface area contributed by atoms with Gasteiger partial charge in [-0.1, -0.05) is 30.3 Å². The SMILES string of the molecule is O=C1C(N=C=S)c2cc(F)ccc2N1Cc1ccccc1. The molecular weight excluding hydrogens is 287 g/mol. The van der Waals surface area contributed by atoms with Crippen LogP contribution in [0.15, 0.2) is 53.5 Å². The molecule has 1 heterocycles. The lowest BCUT2D eigenvalue weighted by atomic mass is 10.1. The topological polar surface area (TPSA) is 32.7 Å². The number of thiocarbonyl (C=S) groups is 1. The monoisotopic (exact) mass is 298 g/mol. The van der Waals surface area contributed by atoms with Crippen molar-refractivity contribution in [3.63, 3.8) is 0 Å². The van der Waals surface area contributed by atoms with Crippen LogP contribution in [-0.4, -0.2) is 11.1 Å². The molecule has 2 aromatic carbocycles. The molecule has 1 atom stereocenters. The predicted octanol–water partition coefficient (Wildman–Crippen LogP) is 3.52. The van der Waals surface area contributed by atoms with E-state index in [4.69, 9.17) is 0 Å². The molecule has 0 saturated heterocycles. The van der Waals surface area contributed by atoms with Gasteiger partial charge in [-0.05, 0) is 36.0 Å². The molecule has 1 aliphatic heterocycles. The number of hydrogen-bond donors (Lipinski definition) is 0. The fourth-order valence-corrected chi connectivity index (χ4v) is 2.60. The molecular formula is C16H11FN2OS. The van der Waals surface area contributed by atoms with Gasteiger partial charge in [0.2, 0.25) is 0 Å². The molecule has 3 rings (SSSR count). The lowest BCUT2D eigenvalue weighted by molar-refractivity contribution is -0.119. The van der Waals surface area contributed by atoms with Crippen LogP contribution in [0.2, 0.25) is 0 Å². The van der Waals surface area contributed by atoms with Gasteiger partial charge >= 0.3 is 0 Å². The third-order valence-electron chi connectivity index (χ3n) is 3.44. The molecule has 21 heavy (non-hydrogen) atoms. The standard InChI is InChI=1S/C16H11FN2OS/c17-12-6-7-14-13(8-12)15(18-10-21)16(20)19(14)9-11-4-2-1-3-5-11/h1-8,15H,9H2. The van der Waals surface area contributed by atoms with Gasteiger partial charge in [-0.2, -0.15) is 0 Å². The Labute approximate surface area is 126 Å². The Balaban J connectivity index is 2.03. The van der Waals surface area contributed by atoms with Gasteiger partial charge < -0.3 is 4.90 Å². The molecule has 0 bridgehead atoms. The molecule has 2 aromatic rings. The highest BCUT2D eigenvalue weighted by Gasteiger charge is 2.37. The van der Waals surface area contributed by atoms with Crippen molar-refractivity contribution >= 4 is 29.0 Å². The summed E-state index contributed by atoms with van der Waals surface area (Å²) in [5, 5.41) is 2.22. The number of carbonyl (C=O) groups excluding carboxylic acids is 1. The Morgan fingerprint density at radius 1 is 1.24 bits per heavy atom. The molecule has 0 aromatic heterocycles. The van der Waals surface area contributed by atoms with E-state index in [0.717, 1.165) is 5.56 Å². The van der Waals surface area contributed by atoms with E-state index in [1.54, 1.807) is 11.0 Å². The Kier molecular flexibility index (Phi) is 3.60. The van der Waals surface area contributed by atoms with Crippen molar-refractivity contribution in [3.8, 4) is 0 Å². The average molecular weight is 298 g/mol. The van der Waals surface area contributed by atoms with E-state index in [0.29, 0.717) is 17.8 Å². The molecule has 0 fully saturated rings. The summed E-state index contributed by atoms with van der Waals surface area (Å²) in [5.74, 6) is -0.607. The summed E-state index contributed by atoms with van der Waals surface area (Å²) in [6, 6.07) is 13.1. The van der Waals surface area contributed by atoms with Gasteiger partial charge in [-0.15, -0.1) is 0 Å². The van der Waals surface area contributed by atoms with Gasteiger partial charge in [0.25, 0.3) is 5.91 Å². The summed E-state index contributed by atoms with van der Waals surface area (Å²) < 4.78 is 13.4. The summed E-state index contributed by atoms with van der Waals surface area (Å²) >= 11 is 4.59. The summed E-state index contributed by atoms with van der Waals surface area (Å²) in [4.78, 5) is 18.0. The number of hydrogen-bond acceptors (Lipinski definition) is 3. The molecule has 0 N–H and O–H groups in total. The fourth-order valence-electron chi connectivity index (χ4n) is 2.50. The minimum absolute atomic E-state index is 0.211. The van der Waals surface area contributed by atoms with Crippen molar-refractivity contribution in [1.82, 2.24) is 0 Å². The van der Waals surface area contributed by atoms with Crippen molar-refractivity contribution < 1.29 is 9.18 Å². The van der Waals surface area contributed by atoms with Crippen LogP contribution >= 0.6 is 12.2 Å². The van der Waals surface area contributed by atoms with Crippen LogP contribution in [-0.2, 0) is 11.3 Å². The second-order valence-corrected chi connectivity index (χ2v) is 4.92. The lowest BCUT2D eigenvalue weighted by Crippen LogP contribution is -2.27. The Morgan fingerprint density at radius 2 is 2.00 bits per heavy atom. The normalized spacial score (nSPS) is 16.5. The molecule has 1 amide bonds. The zero-order chi connectivity index (χ0) is 14.8. The van der Waals surface area contributed by atoms with E-state index in [-0.39, 0.29) is 5.91 Å². The number of benzene rings is 2. The quantitative estimate of drug-likeness (QED) is 0.641. The molecule has 0 aliphatic carbocycles. The van der Waals surface area contributed by atoms with Gasteiger partial charge in [-0.25, -0.2) is 9.38 Å². The van der Waals surface area contributed by atoms with Crippen molar-refractivity contribution in [3.05, 3.63) is 65.5 Å². The van der Waals surface area contributed by atoms with Crippen LogP contribution in [0.25, 0.3) is 0 Å². The number of halogens is 1. The minimum atomic E-state index is -0.795. The molecule has 1 unspecified atom stereocenters. The highest BCUT2D eigenvalue weighted by Crippen LogP contribution is 2.39. The first-order valence-electron chi connectivity index (χ1n) is 6.42. The largest absolute Gasteiger partial charge is 0.305 e. The second kappa shape index (κ2) is 5.56. The fraction of sp³-hybridized carbons (Fsp3) is 0.125. The second-order valence-electron chi connectivity index (χ2n) is 4.74. The number of rotatable bonds is 3. The van der Waals surface area contributed by atoms with Gasteiger partial charge in [0, 0.05) is 5.56 Å². The number of aliphatic imine (C=N–C) groups is 1. The Morgan fingerprint density at radius 3 is 2.71 bits per heavy atom. The molecule has 104 valence electrons. The summed E-state index contributed by atoms with van der Waals surface area (Å²) in [5.41, 5.74) is 2.20. The highest BCUT2D eigenvalue weighted by molar-refractivity contribution is 7.78. The molecule has 0 saturated carbocycles. The van der Waals surface area contributed by atoms with Gasteiger partial charge in [0.05, 0.1) is 17.4 Å². The minimum Gasteiger partial charge on any atom is -0.305 e. The maximum absolute atomic E-state index is 13.4. The average Bonchev–Trinajstić information content (AvgIpc) is 2.74. The maximum Gasteiger partial charge on any atom is 0.257 e. The summed E-state index contributed by atoms with van der Waals surface area (Å²) in [6.07, 6.45) is 0. The Bertz CT molecular complexity index is 741. The number of isothiocyanates is 1. The van der Waals surface area contributed by atoms with E-state index in [1.165, 1.54) is 12.1 Å². The Hall–Kier alpha value is -2.36. The maximum atomic E-state index is 13.4. The van der Waals surface area contributed by atoms with E-state index >= 15 is 0 Å². The molecule has 3 nitrogen and oxygen atoms in total. The summed E-state index contributed by atoms with van der Waals surface area (Å²) in [7, 11) is 0. The number of amides is 1. The van der Waals surface area contributed by atoms with E-state index in [2.05, 4.69) is 22.4 Å². The van der Waals surface area contributed by atoms with E-state index in [9.17, 15) is 9.18 Å². The lowest BCUT2D eigenvalue weighted by Gasteiger charge is -2.17. The van der Waals surface area contributed by atoms with Crippen LogP contribution in [0.5, 0.6) is 0 Å². The zero-order valence-electron chi connectivity index (χ0n) is 11.0. The van der Waals surface area contributed by atoms with Crippen LogP contribution in [0.4, 0.5) is 10.1 Å². The van der Waals surface area contributed by atoms with Crippen LogP contribution in [0.1, 0.15) is 17.2 Å². The van der Waals surface area contributed by atoms with Crippen molar-refractivity contribution in [2.75, 3.05) is 4.90 Å². The first-order chi connectivity index (χ1) is 10.2. The van der Waals surface area contributed by atoms with Crippen LogP contribution in [0.3, 0.4) is 0 Å². The van der Waals surface area contributed by atoms with Crippen molar-refractivity contribution in [2.24, 2.45) is 4.99 Å². The van der Waals surface area contributed by atoms with Gasteiger partial charge in [-0.3, -0.25) is 4.79 Å². The smallest absolute Gasteiger partial charge is 0.257 e. The molecule has 5 heteroatoms. The third kappa shape index (κ3) is 2.49. The number of fused-ring (bicyclic) bond motifs is 1. The van der Waals surface area contributed by atoms with Crippen LogP contribution in [0, 0.1) is 5.82 Å². The number of anilines is 1. The third-order valence-corrected chi connectivity index (χ3v) is 3.55. The van der Waals surface area contributed by atoms with E-state index < -0.39 is 11.9 Å². The highest BCUT2D eigenvalue weighted by atomic mass is 32.1. The summed E-state index contributed by atoms with van der Waals surface area (Å²) in [6.45, 7) is 0.418. The zero-order valence-corrected chi connectivity index (χ0v) is 11.8. The van der Waals surface area contributed by atoms with Crippen LogP contribution < -0.4 is 4.90 Å². The number of carbonyl (C=O) groups is 1. The first-order valence-corrected chi connectivity index (χ1v) is 6.83. The molecule has 0 radical (unpaired) electrons. The molecule has 0 spiro atoms. The first kappa shape index (κ1) is 13.6.